The van der Waals surface area contributed by atoms with Crippen molar-refractivity contribution in [3.63, 3.8) is 0 Å². The van der Waals surface area contributed by atoms with Crippen LogP contribution in [0.3, 0.4) is 0 Å². The highest BCUT2D eigenvalue weighted by Crippen LogP contribution is 2.21. The molecule has 8 nitrogen and oxygen atoms in total. The summed E-state index contributed by atoms with van der Waals surface area (Å²) < 4.78 is 39.1. The summed E-state index contributed by atoms with van der Waals surface area (Å²) in [5.74, 6) is -2.68. The molecule has 0 fully saturated rings. The normalized spacial score (nSPS) is 12.9. The number of carboxylic acid groups (broad SMARTS) is 1. The van der Waals surface area contributed by atoms with Crippen molar-refractivity contribution in [2.75, 3.05) is 6.54 Å². The molecule has 1 rings (SSSR count). The van der Waals surface area contributed by atoms with Gasteiger partial charge in [0.2, 0.25) is 15.8 Å². The van der Waals surface area contributed by atoms with Crippen LogP contribution >= 0.6 is 0 Å². The lowest BCUT2D eigenvalue weighted by atomic mass is 10.1. The van der Waals surface area contributed by atoms with Gasteiger partial charge in [0.25, 0.3) is 0 Å². The van der Waals surface area contributed by atoms with Gasteiger partial charge in [0.05, 0.1) is 9.82 Å². The van der Waals surface area contributed by atoms with Gasteiger partial charge in [0, 0.05) is 19.0 Å². The van der Waals surface area contributed by atoms with Crippen molar-refractivity contribution < 1.29 is 27.6 Å². The van der Waals surface area contributed by atoms with E-state index in [-0.39, 0.29) is 13.0 Å². The zero-order chi connectivity index (χ0) is 16.2. The molecule has 21 heavy (non-hydrogen) atoms. The maximum Gasteiger partial charge on any atom is 0.306 e. The summed E-state index contributed by atoms with van der Waals surface area (Å²) >= 11 is 0. The third kappa shape index (κ3) is 4.76. The van der Waals surface area contributed by atoms with Gasteiger partial charge in [0.15, 0.2) is 0 Å². The molecule has 0 amide bonds. The summed E-state index contributed by atoms with van der Waals surface area (Å²) in [4.78, 5) is 19.6. The molecular formula is C11H13FN2O6S. The number of nitrogens with zero attached hydrogens (tertiary/aromatic N) is 1. The second kappa shape index (κ2) is 6.59. The predicted octanol–water partition coefficient (Wildman–Crippen LogP) is 1.12. The molecule has 1 atom stereocenters. The molecule has 2 N–H and O–H groups in total. The van der Waals surface area contributed by atoms with Gasteiger partial charge in [-0.2, -0.15) is 4.39 Å². The van der Waals surface area contributed by atoms with E-state index in [0.29, 0.717) is 12.1 Å². The maximum atomic E-state index is 13.1. The molecular weight excluding hydrogens is 307 g/mol. The Hall–Kier alpha value is -2.07. The average Bonchev–Trinajstić information content (AvgIpc) is 2.35. The number of benzene rings is 1. The minimum Gasteiger partial charge on any atom is -0.481 e. The van der Waals surface area contributed by atoms with Gasteiger partial charge in [-0.3, -0.25) is 14.9 Å². The number of nitrogens with one attached hydrogen (secondary N) is 1. The second-order valence-electron chi connectivity index (χ2n) is 4.43. The highest BCUT2D eigenvalue weighted by atomic mass is 32.2. The van der Waals surface area contributed by atoms with Crippen LogP contribution in [0.25, 0.3) is 0 Å². The van der Waals surface area contributed by atoms with Crippen LogP contribution in [0, 0.1) is 21.8 Å². The summed E-state index contributed by atoms with van der Waals surface area (Å²) in [7, 11) is -4.08. The fourth-order valence-corrected chi connectivity index (χ4v) is 2.69. The molecule has 0 aliphatic carbocycles. The van der Waals surface area contributed by atoms with Crippen LogP contribution in [-0.4, -0.2) is 31.0 Å². The number of carboxylic acids is 1. The SMILES string of the molecule is CC(CNS(=O)(=O)c1ccc(F)c([N+](=O)[O-])c1)CC(=O)O. The van der Waals surface area contributed by atoms with Gasteiger partial charge in [-0.05, 0) is 18.1 Å². The van der Waals surface area contributed by atoms with Gasteiger partial charge < -0.3 is 5.11 Å². The molecule has 1 aromatic carbocycles. The molecule has 0 bridgehead atoms. The molecule has 0 saturated carbocycles. The highest BCUT2D eigenvalue weighted by molar-refractivity contribution is 7.89. The summed E-state index contributed by atoms with van der Waals surface area (Å²) in [5.41, 5.74) is -0.948. The lowest BCUT2D eigenvalue weighted by Gasteiger charge is -2.11. The molecule has 0 aliphatic rings. The van der Waals surface area contributed by atoms with Gasteiger partial charge in [-0.1, -0.05) is 6.92 Å². The molecule has 1 aromatic rings. The fraction of sp³-hybridized carbons (Fsp3) is 0.364. The Morgan fingerprint density at radius 3 is 2.67 bits per heavy atom. The number of nitro benzene ring substituents is 1. The van der Waals surface area contributed by atoms with Crippen molar-refractivity contribution in [1.29, 1.82) is 0 Å². The van der Waals surface area contributed by atoms with E-state index in [1.54, 1.807) is 0 Å². The summed E-state index contributed by atoms with van der Waals surface area (Å²) in [6.45, 7) is 1.38. The zero-order valence-corrected chi connectivity index (χ0v) is 11.8. The number of rotatable bonds is 7. The molecule has 1 unspecified atom stereocenters. The van der Waals surface area contributed by atoms with Crippen LogP contribution in [0.4, 0.5) is 10.1 Å². The van der Waals surface area contributed by atoms with Crippen LogP contribution in [0.1, 0.15) is 13.3 Å². The molecule has 0 spiro atoms. The number of nitro groups is 1. The monoisotopic (exact) mass is 320 g/mol. The van der Waals surface area contributed by atoms with Crippen molar-refractivity contribution in [3.05, 3.63) is 34.1 Å². The first kappa shape index (κ1) is 17.0. The van der Waals surface area contributed by atoms with Crippen molar-refractivity contribution in [1.82, 2.24) is 4.72 Å². The maximum absolute atomic E-state index is 13.1. The number of carbonyl (C=O) groups is 1. The zero-order valence-electron chi connectivity index (χ0n) is 10.9. The number of aliphatic carboxylic acids is 1. The number of hydrogen-bond donors (Lipinski definition) is 2. The van der Waals surface area contributed by atoms with Crippen LogP contribution < -0.4 is 4.72 Å². The molecule has 0 heterocycles. The standard InChI is InChI=1S/C11H13FN2O6S/c1-7(4-11(15)16)6-13-21(19,20)8-2-3-9(12)10(5-8)14(17)18/h2-3,5,7,13H,4,6H2,1H3,(H,15,16). The van der Waals surface area contributed by atoms with Crippen molar-refractivity contribution in [3.8, 4) is 0 Å². The quantitative estimate of drug-likeness (QED) is 0.572. The Bertz CT molecular complexity index is 661. The first-order valence-corrected chi connectivity index (χ1v) is 7.27. The van der Waals surface area contributed by atoms with Crippen molar-refractivity contribution in [2.24, 2.45) is 5.92 Å². The molecule has 10 heteroatoms. The summed E-state index contributed by atoms with van der Waals surface area (Å²) in [6.07, 6.45) is -0.230. The highest BCUT2D eigenvalue weighted by Gasteiger charge is 2.22. The largest absolute Gasteiger partial charge is 0.481 e. The van der Waals surface area contributed by atoms with Gasteiger partial charge in [-0.25, -0.2) is 13.1 Å². The lowest BCUT2D eigenvalue weighted by molar-refractivity contribution is -0.387. The average molecular weight is 320 g/mol. The number of sulfonamides is 1. The van der Waals surface area contributed by atoms with Gasteiger partial charge in [0.1, 0.15) is 0 Å². The van der Waals surface area contributed by atoms with E-state index in [4.69, 9.17) is 5.11 Å². The van der Waals surface area contributed by atoms with E-state index in [0.717, 1.165) is 6.07 Å². The Morgan fingerprint density at radius 2 is 2.14 bits per heavy atom. The number of hydrogen-bond acceptors (Lipinski definition) is 5. The van der Waals surface area contributed by atoms with Crippen LogP contribution in [0.5, 0.6) is 0 Å². The van der Waals surface area contributed by atoms with E-state index in [2.05, 4.69) is 4.72 Å². The van der Waals surface area contributed by atoms with Crippen molar-refractivity contribution in [2.45, 2.75) is 18.2 Å². The summed E-state index contributed by atoms with van der Waals surface area (Å²) in [6, 6.07) is 2.19. The first-order valence-electron chi connectivity index (χ1n) is 5.79. The van der Waals surface area contributed by atoms with Crippen LogP contribution in [-0.2, 0) is 14.8 Å². The minimum atomic E-state index is -4.08. The molecule has 0 aliphatic heterocycles. The molecule has 0 radical (unpaired) electrons. The summed E-state index contributed by atoms with van der Waals surface area (Å²) in [5, 5.41) is 19.1. The lowest BCUT2D eigenvalue weighted by Crippen LogP contribution is -2.29. The molecule has 116 valence electrons. The van der Waals surface area contributed by atoms with E-state index in [1.807, 2.05) is 0 Å². The van der Waals surface area contributed by atoms with Gasteiger partial charge >= 0.3 is 11.7 Å². The Kier molecular flexibility index (Phi) is 5.33. The third-order valence-electron chi connectivity index (χ3n) is 2.57. The topological polar surface area (TPSA) is 127 Å². The van der Waals surface area contributed by atoms with Crippen LogP contribution in [0.15, 0.2) is 23.1 Å². The van der Waals surface area contributed by atoms with E-state index >= 15 is 0 Å². The Balaban J connectivity index is 2.91. The molecule has 0 aromatic heterocycles. The second-order valence-corrected chi connectivity index (χ2v) is 6.19. The Labute approximate surface area is 119 Å². The predicted molar refractivity (Wildman–Crippen MR) is 69.7 cm³/mol. The van der Waals surface area contributed by atoms with Gasteiger partial charge in [-0.15, -0.1) is 0 Å². The van der Waals surface area contributed by atoms with E-state index in [1.165, 1.54) is 6.92 Å². The fourth-order valence-electron chi connectivity index (χ4n) is 1.51. The van der Waals surface area contributed by atoms with E-state index in [9.17, 15) is 27.7 Å². The van der Waals surface area contributed by atoms with Crippen LogP contribution in [0.2, 0.25) is 0 Å². The first-order chi connectivity index (χ1) is 9.63. The van der Waals surface area contributed by atoms with Crippen molar-refractivity contribution >= 4 is 21.7 Å². The molecule has 0 saturated heterocycles. The Morgan fingerprint density at radius 1 is 1.52 bits per heavy atom. The number of halogens is 1. The minimum absolute atomic E-state index is 0.153. The third-order valence-corrected chi connectivity index (χ3v) is 3.99. The smallest absolute Gasteiger partial charge is 0.306 e. The van der Waals surface area contributed by atoms with E-state index < -0.39 is 43.2 Å².